The Hall–Kier alpha value is -5.63. The molecule has 7 aromatic rings. The van der Waals surface area contributed by atoms with Gasteiger partial charge in [0.2, 0.25) is 0 Å². The summed E-state index contributed by atoms with van der Waals surface area (Å²) in [6.45, 7) is 15.3. The van der Waals surface area contributed by atoms with Crippen molar-refractivity contribution in [2.75, 3.05) is 52.4 Å². The molecule has 16 nitrogen and oxygen atoms in total. The molecule has 12 rings (SSSR count). The van der Waals surface area contributed by atoms with E-state index < -0.39 is 0 Å². The third kappa shape index (κ3) is 21.3. The molecule has 85 heavy (non-hydrogen) atoms. The molecule has 0 saturated carbocycles. The van der Waals surface area contributed by atoms with Crippen molar-refractivity contribution in [3.05, 3.63) is 191 Å². The van der Waals surface area contributed by atoms with Crippen molar-refractivity contribution in [1.29, 1.82) is 0 Å². The van der Waals surface area contributed by atoms with Gasteiger partial charge in [0, 0.05) is 72.6 Å². The van der Waals surface area contributed by atoms with Crippen molar-refractivity contribution >= 4 is 109 Å². The predicted molar refractivity (Wildman–Crippen MR) is 349 cm³/mol. The molecule has 4 aromatic heterocycles. The van der Waals surface area contributed by atoms with Crippen LogP contribution >= 0.6 is 78.3 Å². The highest BCUT2D eigenvalue weighted by molar-refractivity contribution is 9.10. The average Bonchev–Trinajstić information content (AvgIpc) is 3.62. The van der Waals surface area contributed by atoms with Crippen LogP contribution in [-0.2, 0) is 43.3 Å². The summed E-state index contributed by atoms with van der Waals surface area (Å²) in [6.07, 6.45) is 9.32. The molecule has 0 aliphatic carbocycles. The van der Waals surface area contributed by atoms with Crippen LogP contribution in [0.4, 0.5) is 14.4 Å². The number of rotatable bonds is 10. The van der Waals surface area contributed by atoms with E-state index in [1.165, 1.54) is 24.1 Å². The van der Waals surface area contributed by atoms with E-state index in [2.05, 4.69) is 58.0 Å². The van der Waals surface area contributed by atoms with E-state index >= 15 is 0 Å². The van der Waals surface area contributed by atoms with Gasteiger partial charge in [-0.05, 0) is 123 Å². The highest BCUT2D eigenvalue weighted by atomic mass is 79.9. The fraction of sp³-hybridized carbons (Fsp3) is 0.403. The minimum atomic E-state index is -0.343. The first-order chi connectivity index (χ1) is 40.8. The van der Waals surface area contributed by atoms with Crippen molar-refractivity contribution in [3.63, 3.8) is 0 Å². The zero-order chi connectivity index (χ0) is 59.0. The number of ether oxygens (including phenoxy) is 3. The fourth-order valence-electron chi connectivity index (χ4n) is 9.45. The molecule has 3 aromatic carbocycles. The number of nitrogens with one attached hydrogen (secondary N) is 1. The number of benzene rings is 3. The molecular formula is C62H75BBr2N8O8S4. The normalized spacial score (nSPS) is 17.2. The average molecular weight is 1360 g/mol. The minimum absolute atomic E-state index is 0. The zero-order valence-corrected chi connectivity index (χ0v) is 55.1. The Morgan fingerprint density at radius 2 is 1.00 bits per heavy atom. The molecule has 3 saturated heterocycles. The van der Waals surface area contributed by atoms with E-state index in [4.69, 9.17) is 23.5 Å². The number of halogens is 2. The molecule has 0 bridgehead atoms. The second kappa shape index (κ2) is 34.6. The van der Waals surface area contributed by atoms with Crippen LogP contribution in [0.5, 0.6) is 0 Å². The minimum Gasteiger partial charge on any atom is -0.445 e. The van der Waals surface area contributed by atoms with Gasteiger partial charge >= 0.3 is 25.4 Å². The molecule has 5 aliphatic heterocycles. The lowest BCUT2D eigenvalue weighted by molar-refractivity contribution is 0.00578. The summed E-state index contributed by atoms with van der Waals surface area (Å²) in [4.78, 5) is 58.4. The lowest BCUT2D eigenvalue weighted by Gasteiger charge is -2.32. The number of hydrogen-bond donors (Lipinski definition) is 1. The maximum absolute atomic E-state index is 12.2. The third-order valence-corrected chi connectivity index (χ3v) is 18.3. The Kier molecular flexibility index (Phi) is 27.3. The van der Waals surface area contributed by atoms with E-state index in [9.17, 15) is 14.4 Å². The lowest BCUT2D eigenvalue weighted by atomic mass is 9.75. The van der Waals surface area contributed by atoms with Crippen LogP contribution in [0.15, 0.2) is 157 Å². The number of thiazole rings is 4. The van der Waals surface area contributed by atoms with Crippen molar-refractivity contribution < 1.29 is 37.9 Å². The molecule has 0 radical (unpaired) electrons. The highest BCUT2D eigenvalue weighted by Crippen LogP contribution is 2.39. The summed E-state index contributed by atoms with van der Waals surface area (Å²) >= 11 is 9.68. The van der Waals surface area contributed by atoms with Crippen LogP contribution in [0.25, 0.3) is 5.57 Å². The van der Waals surface area contributed by atoms with E-state index in [0.717, 1.165) is 95.9 Å². The maximum atomic E-state index is 12.2. The maximum Gasteiger partial charge on any atom is 0.490 e. The summed E-state index contributed by atoms with van der Waals surface area (Å²) in [5.41, 5.74) is 15.5. The van der Waals surface area contributed by atoms with E-state index in [1.54, 1.807) is 65.6 Å². The summed E-state index contributed by atoms with van der Waals surface area (Å²) in [7, 11) is -0.326. The van der Waals surface area contributed by atoms with E-state index in [1.807, 2.05) is 152 Å². The Bertz CT molecular complexity index is 3070. The fourth-order valence-corrected chi connectivity index (χ4v) is 12.3. The van der Waals surface area contributed by atoms with Gasteiger partial charge < -0.3 is 43.5 Å². The first-order valence-corrected chi connectivity index (χ1v) is 32.9. The highest BCUT2D eigenvalue weighted by Gasteiger charge is 2.52. The number of carbonyl (C=O) groups excluding carboxylic acids is 3. The van der Waals surface area contributed by atoms with Gasteiger partial charge in [0.25, 0.3) is 0 Å². The van der Waals surface area contributed by atoms with Crippen molar-refractivity contribution in [3.8, 4) is 0 Å². The topological polar surface area (TPSA) is 171 Å². The van der Waals surface area contributed by atoms with Crippen LogP contribution in [0.2, 0.25) is 0 Å². The zero-order valence-electron chi connectivity index (χ0n) is 48.5. The molecule has 3 amide bonds. The quantitative estimate of drug-likeness (QED) is 0.101. The van der Waals surface area contributed by atoms with Crippen molar-refractivity contribution in [2.24, 2.45) is 0 Å². The number of aromatic nitrogens is 4. The monoisotopic (exact) mass is 1360 g/mol. The summed E-state index contributed by atoms with van der Waals surface area (Å²) in [5, 5.41) is 11.6. The summed E-state index contributed by atoms with van der Waals surface area (Å²) < 4.78 is 29.2. The molecule has 5 aliphatic rings. The van der Waals surface area contributed by atoms with Crippen molar-refractivity contribution in [1.82, 2.24) is 40.0 Å². The Balaban J connectivity index is 0.000000160. The smallest absolute Gasteiger partial charge is 0.445 e. The van der Waals surface area contributed by atoms with Gasteiger partial charge in [0.1, 0.15) is 24.4 Å². The van der Waals surface area contributed by atoms with Crippen LogP contribution in [0.3, 0.4) is 0 Å². The molecular weight excluding hydrogens is 1280 g/mol. The summed E-state index contributed by atoms with van der Waals surface area (Å²) in [5.74, 6) is 1.21. The number of likely N-dealkylation sites (tertiary alicyclic amines) is 1. The largest absolute Gasteiger partial charge is 0.490 e. The van der Waals surface area contributed by atoms with Gasteiger partial charge in [-0.1, -0.05) is 103 Å². The first-order valence-electron chi connectivity index (χ1n) is 28.3. The number of carbonyl (C=O) groups is 3. The summed E-state index contributed by atoms with van der Waals surface area (Å²) in [6, 6.07) is 29.2. The third-order valence-electron chi connectivity index (χ3n) is 15.1. The Morgan fingerprint density at radius 1 is 0.565 bits per heavy atom. The molecule has 452 valence electrons. The number of amides is 3. The van der Waals surface area contributed by atoms with Gasteiger partial charge in [-0.3, -0.25) is 0 Å². The first kappa shape index (κ1) is 66.9. The SMILES string of the molecule is Br.Brc1cscn1.CC1(C)OB(C2=CCN(C(=O)OCc3ccccc3)CC2)OC1(C)C.O=C(OCc1ccccc1)N1CC=C(c2cscn2)CC1.O=C(OCc1ccccc1)N1CCC(c2cscn2)CC1.c1nc(C2CCNCC2)cs1. The lowest BCUT2D eigenvalue weighted by Crippen LogP contribution is -2.41. The number of piperidine rings is 2. The standard InChI is InChI=1S/C19H26BNO4.C16H18N2O2S.C16H16N2O2S.C8H12N2S.C3H2BrNS.BrH/c1-18(2)19(3,4)25-20(24-18)16-10-12-21(13-11-16)17(22)23-14-15-8-6-5-7-9-15;2*19-16(20-10-13-4-2-1-3-5-13)18-8-6-14(7-9-18)15-11-21-12-17-15;1-3-9-4-2-7(1)8-5-11-6-10-8;4-3-1-6-2-5-3;/h5-10H,11-14H2,1-4H3;1-5,11-12,14H,6-10H2;1-6,11-12H,7-10H2;5-7,9H,1-4H2;1-2H;1H. The second-order valence-electron chi connectivity index (χ2n) is 21.4. The Labute approximate surface area is 535 Å². The molecule has 0 spiro atoms. The van der Waals surface area contributed by atoms with Gasteiger partial charge in [0.15, 0.2) is 0 Å². The molecule has 3 fully saturated rings. The van der Waals surface area contributed by atoms with Crippen LogP contribution in [-0.4, -0.2) is 124 Å². The Morgan fingerprint density at radius 3 is 1.39 bits per heavy atom. The number of hydrogen-bond acceptors (Lipinski definition) is 17. The van der Waals surface area contributed by atoms with Gasteiger partial charge in [-0.2, -0.15) is 0 Å². The van der Waals surface area contributed by atoms with Gasteiger partial charge in [-0.25, -0.2) is 34.3 Å². The molecule has 9 heterocycles. The van der Waals surface area contributed by atoms with Crippen molar-refractivity contribution in [2.45, 2.75) is 109 Å². The van der Waals surface area contributed by atoms with Gasteiger partial charge in [-0.15, -0.1) is 62.3 Å². The number of nitrogens with zero attached hydrogens (tertiary/aromatic N) is 7. The van der Waals surface area contributed by atoms with E-state index in [-0.39, 0.29) is 53.6 Å². The second-order valence-corrected chi connectivity index (χ2v) is 25.1. The predicted octanol–water partition coefficient (Wildman–Crippen LogP) is 14.9. The molecule has 1 N–H and O–H groups in total. The van der Waals surface area contributed by atoms with Crippen LogP contribution in [0.1, 0.15) is 112 Å². The van der Waals surface area contributed by atoms with Gasteiger partial charge in [0.05, 0.1) is 50.3 Å². The van der Waals surface area contributed by atoms with Crippen LogP contribution in [0, 0.1) is 0 Å². The van der Waals surface area contributed by atoms with E-state index in [0.29, 0.717) is 51.9 Å². The molecule has 0 atom stereocenters. The van der Waals surface area contributed by atoms with Crippen LogP contribution < -0.4 is 5.32 Å². The molecule has 23 heteroatoms. The molecule has 0 unspecified atom stereocenters.